The SMILES string of the molecule is Cc1cc(-c2ccc3c(c2)c2ccccc2n3-c2ccccc2)cc(N(C2=CCC(C)C=C2)c2ccc3c(c2)C(c2ccccc2)(c2ccccc2)c2ccccc2-3)c1. The van der Waals surface area contributed by atoms with Gasteiger partial charge in [-0.1, -0.05) is 159 Å². The van der Waals surface area contributed by atoms with E-state index in [1.807, 2.05) is 0 Å². The molecule has 0 saturated carbocycles. The lowest BCUT2D eigenvalue weighted by molar-refractivity contribution is 0.728. The highest BCUT2D eigenvalue weighted by molar-refractivity contribution is 6.10. The van der Waals surface area contributed by atoms with Gasteiger partial charge in [0, 0.05) is 33.5 Å². The molecule has 0 saturated heterocycles. The number of para-hydroxylation sites is 2. The summed E-state index contributed by atoms with van der Waals surface area (Å²) in [5.41, 5.74) is 18.0. The lowest BCUT2D eigenvalue weighted by Crippen LogP contribution is -2.29. The van der Waals surface area contributed by atoms with Crippen molar-refractivity contribution in [2.75, 3.05) is 4.90 Å². The normalized spacial score (nSPS) is 15.2. The number of rotatable bonds is 7. The van der Waals surface area contributed by atoms with Crippen LogP contribution in [-0.2, 0) is 5.41 Å². The number of hydrogen-bond acceptors (Lipinski definition) is 1. The summed E-state index contributed by atoms with van der Waals surface area (Å²) in [6.45, 7) is 4.53. The first-order valence-electron chi connectivity index (χ1n) is 20.8. The Kier molecular flexibility index (Phi) is 8.34. The van der Waals surface area contributed by atoms with Gasteiger partial charge in [0.1, 0.15) is 0 Å². The topological polar surface area (TPSA) is 8.17 Å². The summed E-state index contributed by atoms with van der Waals surface area (Å²) in [6, 6.07) is 71.9. The van der Waals surface area contributed by atoms with Crippen molar-refractivity contribution in [1.29, 1.82) is 0 Å². The number of nitrogens with zero attached hydrogens (tertiary/aromatic N) is 2. The Morgan fingerprint density at radius 1 is 0.525 bits per heavy atom. The standard InChI is InChI=1S/C57H44N2/c1-39-26-29-46(30-27-39)58(47-31-32-50-49-22-12-14-24-53(49)57(54(50)38-47,43-16-6-3-7-17-43)44-18-8-4-9-19-44)48-35-40(2)34-42(36-48)41-28-33-56-52(37-41)51-23-13-15-25-55(51)59(56)45-20-10-5-11-21-45/h3-26,28-39H,27H2,1-2H3. The fourth-order valence-corrected chi connectivity index (χ4v) is 9.97. The smallest absolute Gasteiger partial charge is 0.0714 e. The molecule has 282 valence electrons. The first-order chi connectivity index (χ1) is 29.1. The van der Waals surface area contributed by atoms with Crippen molar-refractivity contribution in [2.24, 2.45) is 5.92 Å². The quantitative estimate of drug-likeness (QED) is 0.157. The third-order valence-corrected chi connectivity index (χ3v) is 12.6. The van der Waals surface area contributed by atoms with Gasteiger partial charge in [-0.2, -0.15) is 0 Å². The van der Waals surface area contributed by atoms with Gasteiger partial charge in [-0.25, -0.2) is 0 Å². The Hall–Kier alpha value is -7.16. The van der Waals surface area contributed by atoms with Gasteiger partial charge in [-0.3, -0.25) is 0 Å². The molecule has 0 aliphatic heterocycles. The largest absolute Gasteiger partial charge is 0.311 e. The summed E-state index contributed by atoms with van der Waals surface area (Å²) in [5.74, 6) is 0.497. The van der Waals surface area contributed by atoms with Crippen LogP contribution in [0.1, 0.15) is 41.2 Å². The summed E-state index contributed by atoms with van der Waals surface area (Å²) in [4.78, 5) is 2.49. The zero-order valence-corrected chi connectivity index (χ0v) is 33.4. The van der Waals surface area contributed by atoms with Crippen LogP contribution in [0.15, 0.2) is 218 Å². The van der Waals surface area contributed by atoms with Crippen LogP contribution in [0.2, 0.25) is 0 Å². The Morgan fingerprint density at radius 2 is 1.19 bits per heavy atom. The van der Waals surface area contributed by atoms with Crippen LogP contribution in [0.4, 0.5) is 11.4 Å². The number of aryl methyl sites for hydroxylation is 1. The third-order valence-electron chi connectivity index (χ3n) is 12.6. The minimum Gasteiger partial charge on any atom is -0.311 e. The maximum atomic E-state index is 2.49. The minimum absolute atomic E-state index is 0.479. The number of allylic oxidation sites excluding steroid dienone is 3. The molecule has 59 heavy (non-hydrogen) atoms. The molecule has 0 fully saturated rings. The molecule has 2 aliphatic rings. The van der Waals surface area contributed by atoms with Gasteiger partial charge in [0.15, 0.2) is 0 Å². The van der Waals surface area contributed by atoms with Crippen molar-refractivity contribution in [3.8, 4) is 27.9 Å². The van der Waals surface area contributed by atoms with Gasteiger partial charge in [0.2, 0.25) is 0 Å². The van der Waals surface area contributed by atoms with E-state index in [4.69, 9.17) is 0 Å². The van der Waals surface area contributed by atoms with E-state index >= 15 is 0 Å². The Bertz CT molecular complexity index is 3060. The number of anilines is 2. The summed E-state index contributed by atoms with van der Waals surface area (Å²) in [6.07, 6.45) is 8.10. The fraction of sp³-hybridized carbons (Fsp3) is 0.0877. The van der Waals surface area contributed by atoms with E-state index in [2.05, 4.69) is 236 Å². The van der Waals surface area contributed by atoms with Crippen molar-refractivity contribution >= 4 is 33.2 Å². The van der Waals surface area contributed by atoms with Crippen LogP contribution in [0.3, 0.4) is 0 Å². The third kappa shape index (κ3) is 5.62. The lowest BCUT2D eigenvalue weighted by Gasteiger charge is -2.35. The van der Waals surface area contributed by atoms with Gasteiger partial charge in [0.05, 0.1) is 16.4 Å². The second-order valence-electron chi connectivity index (χ2n) is 16.3. The molecule has 8 aromatic carbocycles. The van der Waals surface area contributed by atoms with E-state index in [-0.39, 0.29) is 0 Å². The number of fused-ring (bicyclic) bond motifs is 6. The maximum Gasteiger partial charge on any atom is 0.0714 e. The number of benzene rings is 8. The molecular weight excluding hydrogens is 713 g/mol. The summed E-state index contributed by atoms with van der Waals surface area (Å²) < 4.78 is 2.39. The molecule has 0 radical (unpaired) electrons. The summed E-state index contributed by atoms with van der Waals surface area (Å²) >= 11 is 0. The first kappa shape index (κ1) is 35.0. The molecule has 1 atom stereocenters. The van der Waals surface area contributed by atoms with E-state index < -0.39 is 5.41 Å². The highest BCUT2D eigenvalue weighted by atomic mass is 15.1. The van der Waals surface area contributed by atoms with E-state index in [1.165, 1.54) is 83.3 Å². The van der Waals surface area contributed by atoms with Gasteiger partial charge < -0.3 is 9.47 Å². The van der Waals surface area contributed by atoms with Crippen molar-refractivity contribution in [1.82, 2.24) is 4.57 Å². The van der Waals surface area contributed by atoms with Crippen LogP contribution in [0.5, 0.6) is 0 Å². The predicted molar refractivity (Wildman–Crippen MR) is 248 cm³/mol. The molecule has 1 unspecified atom stereocenters. The molecule has 0 amide bonds. The van der Waals surface area contributed by atoms with Crippen LogP contribution in [-0.4, -0.2) is 4.57 Å². The van der Waals surface area contributed by atoms with Crippen molar-refractivity contribution < 1.29 is 0 Å². The molecule has 0 spiro atoms. The van der Waals surface area contributed by atoms with Gasteiger partial charge >= 0.3 is 0 Å². The molecular formula is C57H44N2. The van der Waals surface area contributed by atoms with Gasteiger partial charge in [-0.15, -0.1) is 0 Å². The molecule has 1 aromatic heterocycles. The molecule has 9 aromatic rings. The average molecular weight is 757 g/mol. The van der Waals surface area contributed by atoms with Crippen molar-refractivity contribution in [2.45, 2.75) is 25.7 Å². The predicted octanol–water partition coefficient (Wildman–Crippen LogP) is 14.7. The molecule has 0 N–H and O–H groups in total. The van der Waals surface area contributed by atoms with Crippen LogP contribution in [0.25, 0.3) is 49.7 Å². The molecule has 2 heteroatoms. The van der Waals surface area contributed by atoms with Crippen molar-refractivity contribution in [3.63, 3.8) is 0 Å². The maximum absolute atomic E-state index is 2.49. The average Bonchev–Trinajstić information content (AvgIpc) is 3.78. The highest BCUT2D eigenvalue weighted by Gasteiger charge is 2.46. The summed E-state index contributed by atoms with van der Waals surface area (Å²) in [5, 5.41) is 2.51. The van der Waals surface area contributed by atoms with Crippen LogP contribution < -0.4 is 4.90 Å². The monoisotopic (exact) mass is 756 g/mol. The minimum atomic E-state index is -0.479. The lowest BCUT2D eigenvalue weighted by atomic mass is 9.67. The van der Waals surface area contributed by atoms with Crippen LogP contribution >= 0.6 is 0 Å². The van der Waals surface area contributed by atoms with E-state index in [9.17, 15) is 0 Å². The Labute approximate surface area is 346 Å². The second-order valence-corrected chi connectivity index (χ2v) is 16.3. The highest BCUT2D eigenvalue weighted by Crippen LogP contribution is 2.57. The first-order valence-corrected chi connectivity index (χ1v) is 20.8. The molecule has 2 aliphatic carbocycles. The molecule has 1 heterocycles. The summed E-state index contributed by atoms with van der Waals surface area (Å²) in [7, 11) is 0. The van der Waals surface area contributed by atoms with Gasteiger partial charge in [-0.05, 0) is 130 Å². The van der Waals surface area contributed by atoms with Crippen molar-refractivity contribution in [3.05, 3.63) is 246 Å². The second kappa shape index (κ2) is 14.0. The Balaban J connectivity index is 1.11. The zero-order valence-electron chi connectivity index (χ0n) is 33.4. The Morgan fingerprint density at radius 3 is 1.93 bits per heavy atom. The van der Waals surface area contributed by atoms with Gasteiger partial charge in [0.25, 0.3) is 0 Å². The fourth-order valence-electron chi connectivity index (χ4n) is 9.97. The van der Waals surface area contributed by atoms with E-state index in [0.717, 1.165) is 17.8 Å². The molecule has 2 nitrogen and oxygen atoms in total. The van der Waals surface area contributed by atoms with Crippen LogP contribution in [0, 0.1) is 12.8 Å². The molecule has 11 rings (SSSR count). The molecule has 0 bridgehead atoms. The zero-order chi connectivity index (χ0) is 39.5. The van der Waals surface area contributed by atoms with E-state index in [1.54, 1.807) is 0 Å². The number of hydrogen-bond donors (Lipinski definition) is 0. The van der Waals surface area contributed by atoms with E-state index in [0.29, 0.717) is 5.92 Å². The number of aromatic nitrogens is 1.